The summed E-state index contributed by atoms with van der Waals surface area (Å²) >= 11 is 0. The zero-order valence-corrected chi connectivity index (χ0v) is 10.6. The summed E-state index contributed by atoms with van der Waals surface area (Å²) in [5.41, 5.74) is 0.396. The number of benzene rings is 1. The van der Waals surface area contributed by atoms with Crippen LogP contribution < -0.4 is 4.90 Å². The lowest BCUT2D eigenvalue weighted by molar-refractivity contribution is 0.0696. The molecule has 0 aliphatic heterocycles. The van der Waals surface area contributed by atoms with Crippen molar-refractivity contribution >= 4 is 11.7 Å². The molecule has 1 rings (SSSR count). The molecule has 4 heteroatoms. The SMILES string of the molecule is CC(C)C(C)N(C)c1ccc(C(=O)O)cc1F. The van der Waals surface area contributed by atoms with E-state index >= 15 is 0 Å². The van der Waals surface area contributed by atoms with Crippen molar-refractivity contribution < 1.29 is 14.3 Å². The number of rotatable bonds is 4. The molecule has 1 aromatic carbocycles. The first-order valence-corrected chi connectivity index (χ1v) is 5.60. The molecular weight excluding hydrogens is 221 g/mol. The summed E-state index contributed by atoms with van der Waals surface area (Å²) < 4.78 is 13.8. The predicted octanol–water partition coefficient (Wildman–Crippen LogP) is 3.00. The summed E-state index contributed by atoms with van der Waals surface area (Å²) in [5.74, 6) is -1.23. The molecule has 1 unspecified atom stereocenters. The smallest absolute Gasteiger partial charge is 0.335 e. The highest BCUT2D eigenvalue weighted by Gasteiger charge is 2.17. The number of nitrogens with zero attached hydrogens (tertiary/aromatic N) is 1. The van der Waals surface area contributed by atoms with Crippen LogP contribution in [0.15, 0.2) is 18.2 Å². The van der Waals surface area contributed by atoms with Gasteiger partial charge in [0.05, 0.1) is 11.3 Å². The number of anilines is 1. The Bertz CT molecular complexity index is 418. The number of aromatic carboxylic acids is 1. The first kappa shape index (κ1) is 13.5. The molecule has 0 saturated carbocycles. The Hall–Kier alpha value is -1.58. The lowest BCUT2D eigenvalue weighted by Crippen LogP contribution is -2.33. The Balaban J connectivity index is 3.03. The van der Waals surface area contributed by atoms with E-state index in [0.29, 0.717) is 11.6 Å². The van der Waals surface area contributed by atoms with Gasteiger partial charge in [0.15, 0.2) is 0 Å². The molecule has 94 valence electrons. The van der Waals surface area contributed by atoms with E-state index in [-0.39, 0.29) is 11.6 Å². The van der Waals surface area contributed by atoms with Crippen molar-refractivity contribution in [1.82, 2.24) is 0 Å². The second-order valence-corrected chi connectivity index (χ2v) is 4.57. The van der Waals surface area contributed by atoms with E-state index < -0.39 is 11.8 Å². The lowest BCUT2D eigenvalue weighted by Gasteiger charge is -2.30. The summed E-state index contributed by atoms with van der Waals surface area (Å²) in [5, 5.41) is 8.76. The summed E-state index contributed by atoms with van der Waals surface area (Å²) in [6, 6.07) is 4.17. The number of carboxylic acids is 1. The van der Waals surface area contributed by atoms with Crippen LogP contribution in [0.4, 0.5) is 10.1 Å². The second-order valence-electron chi connectivity index (χ2n) is 4.57. The van der Waals surface area contributed by atoms with Crippen molar-refractivity contribution in [3.05, 3.63) is 29.6 Å². The summed E-state index contributed by atoms with van der Waals surface area (Å²) in [7, 11) is 1.81. The van der Waals surface area contributed by atoms with Crippen molar-refractivity contribution in [2.24, 2.45) is 5.92 Å². The molecule has 0 aromatic heterocycles. The first-order valence-electron chi connectivity index (χ1n) is 5.60. The number of carboxylic acid groups (broad SMARTS) is 1. The number of hydrogen-bond donors (Lipinski definition) is 1. The average molecular weight is 239 g/mol. The third-order valence-corrected chi connectivity index (χ3v) is 3.15. The largest absolute Gasteiger partial charge is 0.478 e. The van der Waals surface area contributed by atoms with Gasteiger partial charge in [0.1, 0.15) is 5.82 Å². The molecule has 0 heterocycles. The van der Waals surface area contributed by atoms with Gasteiger partial charge in [-0.3, -0.25) is 0 Å². The Morgan fingerprint density at radius 1 is 1.35 bits per heavy atom. The Labute approximate surface area is 101 Å². The van der Waals surface area contributed by atoms with Gasteiger partial charge in [-0.25, -0.2) is 9.18 Å². The number of halogens is 1. The first-order chi connectivity index (χ1) is 7.84. The molecule has 0 spiro atoms. The van der Waals surface area contributed by atoms with Crippen molar-refractivity contribution in [1.29, 1.82) is 0 Å². The molecule has 0 radical (unpaired) electrons. The fraction of sp³-hybridized carbons (Fsp3) is 0.462. The second kappa shape index (κ2) is 5.17. The third-order valence-electron chi connectivity index (χ3n) is 3.15. The van der Waals surface area contributed by atoms with Crippen molar-refractivity contribution in [3.63, 3.8) is 0 Å². The number of carbonyl (C=O) groups is 1. The molecule has 0 aliphatic carbocycles. The summed E-state index contributed by atoms with van der Waals surface area (Å²) in [6.07, 6.45) is 0. The van der Waals surface area contributed by atoms with Gasteiger partial charge in [-0.05, 0) is 31.0 Å². The van der Waals surface area contributed by atoms with Gasteiger partial charge in [0, 0.05) is 13.1 Å². The molecule has 0 saturated heterocycles. The quantitative estimate of drug-likeness (QED) is 0.878. The van der Waals surface area contributed by atoms with E-state index in [1.807, 2.05) is 18.9 Å². The standard InChI is InChI=1S/C13H18FNO2/c1-8(2)9(3)15(4)12-6-5-10(13(16)17)7-11(12)14/h5-9H,1-4H3,(H,16,17). The highest BCUT2D eigenvalue weighted by atomic mass is 19.1. The van der Waals surface area contributed by atoms with Gasteiger partial charge in [-0.15, -0.1) is 0 Å². The molecule has 3 nitrogen and oxygen atoms in total. The van der Waals surface area contributed by atoms with Gasteiger partial charge in [-0.1, -0.05) is 13.8 Å². The van der Waals surface area contributed by atoms with Crippen molar-refractivity contribution in [3.8, 4) is 0 Å². The van der Waals surface area contributed by atoms with Crippen LogP contribution in [0.25, 0.3) is 0 Å². The zero-order chi connectivity index (χ0) is 13.2. The van der Waals surface area contributed by atoms with Crippen LogP contribution in [0.3, 0.4) is 0 Å². The van der Waals surface area contributed by atoms with Crippen molar-refractivity contribution in [2.75, 3.05) is 11.9 Å². The lowest BCUT2D eigenvalue weighted by atomic mass is 10.0. The van der Waals surface area contributed by atoms with Crippen LogP contribution in [-0.4, -0.2) is 24.2 Å². The van der Waals surface area contributed by atoms with E-state index in [0.717, 1.165) is 6.07 Å². The van der Waals surface area contributed by atoms with Crippen molar-refractivity contribution in [2.45, 2.75) is 26.8 Å². The van der Waals surface area contributed by atoms with Gasteiger partial charge in [-0.2, -0.15) is 0 Å². The van der Waals surface area contributed by atoms with E-state index in [1.54, 1.807) is 0 Å². The fourth-order valence-corrected chi connectivity index (χ4v) is 1.59. The van der Waals surface area contributed by atoms with E-state index in [9.17, 15) is 9.18 Å². The molecule has 0 bridgehead atoms. The highest BCUT2D eigenvalue weighted by molar-refractivity contribution is 5.88. The maximum atomic E-state index is 13.8. The monoisotopic (exact) mass is 239 g/mol. The van der Waals surface area contributed by atoms with Gasteiger partial charge >= 0.3 is 5.97 Å². The van der Waals surface area contributed by atoms with Crippen LogP contribution in [0.1, 0.15) is 31.1 Å². The molecule has 0 aliphatic rings. The molecule has 1 aromatic rings. The third kappa shape index (κ3) is 2.96. The van der Waals surface area contributed by atoms with Gasteiger partial charge in [0.2, 0.25) is 0 Å². The van der Waals surface area contributed by atoms with Crippen LogP contribution in [0.2, 0.25) is 0 Å². The fourth-order valence-electron chi connectivity index (χ4n) is 1.59. The Morgan fingerprint density at radius 3 is 2.35 bits per heavy atom. The predicted molar refractivity (Wildman–Crippen MR) is 66.1 cm³/mol. The molecular formula is C13H18FNO2. The van der Waals surface area contributed by atoms with Crippen LogP contribution >= 0.6 is 0 Å². The average Bonchev–Trinajstić information content (AvgIpc) is 2.26. The van der Waals surface area contributed by atoms with E-state index in [1.165, 1.54) is 12.1 Å². The maximum Gasteiger partial charge on any atom is 0.335 e. The summed E-state index contributed by atoms with van der Waals surface area (Å²) in [4.78, 5) is 12.5. The van der Waals surface area contributed by atoms with E-state index in [2.05, 4.69) is 13.8 Å². The Morgan fingerprint density at radius 2 is 1.94 bits per heavy atom. The molecule has 0 fully saturated rings. The van der Waals surface area contributed by atoms with Gasteiger partial charge < -0.3 is 10.0 Å². The van der Waals surface area contributed by atoms with Crippen LogP contribution in [0.5, 0.6) is 0 Å². The highest BCUT2D eigenvalue weighted by Crippen LogP contribution is 2.23. The topological polar surface area (TPSA) is 40.5 Å². The molecule has 17 heavy (non-hydrogen) atoms. The zero-order valence-electron chi connectivity index (χ0n) is 10.6. The molecule has 1 atom stereocenters. The molecule has 1 N–H and O–H groups in total. The van der Waals surface area contributed by atoms with Crippen LogP contribution in [0, 0.1) is 11.7 Å². The Kier molecular flexibility index (Phi) is 4.10. The minimum Gasteiger partial charge on any atom is -0.478 e. The maximum absolute atomic E-state index is 13.8. The van der Waals surface area contributed by atoms with Gasteiger partial charge in [0.25, 0.3) is 0 Å². The summed E-state index contributed by atoms with van der Waals surface area (Å²) in [6.45, 7) is 6.13. The normalized spacial score (nSPS) is 12.6. The minimum absolute atomic E-state index is 0.0307. The number of hydrogen-bond acceptors (Lipinski definition) is 2. The van der Waals surface area contributed by atoms with Crippen LogP contribution in [-0.2, 0) is 0 Å². The minimum atomic E-state index is -1.12. The molecule has 0 amide bonds. The van der Waals surface area contributed by atoms with E-state index in [4.69, 9.17) is 5.11 Å².